The lowest BCUT2D eigenvalue weighted by molar-refractivity contribution is 0.0954. The molecule has 1 aromatic carbocycles. The Kier molecular flexibility index (Phi) is 5.74. The molecule has 84 valence electrons. The van der Waals surface area contributed by atoms with Gasteiger partial charge in [-0.1, -0.05) is 6.07 Å². The van der Waals surface area contributed by atoms with Crippen LogP contribution in [0.3, 0.4) is 0 Å². The number of hydrogen-bond acceptors (Lipinski definition) is 3. The summed E-state index contributed by atoms with van der Waals surface area (Å²) in [6.45, 7) is 2.79. The quantitative estimate of drug-likeness (QED) is 0.667. The van der Waals surface area contributed by atoms with Gasteiger partial charge in [0.2, 0.25) is 0 Å². The summed E-state index contributed by atoms with van der Waals surface area (Å²) in [6.07, 6.45) is 0. The molecule has 0 aliphatic carbocycles. The molecule has 1 amide bonds. The Morgan fingerprint density at radius 1 is 1.47 bits per heavy atom. The normalized spacial score (nSPS) is 9.20. The number of nitrogen functional groups attached to an aromatic ring is 1. The molecule has 0 saturated heterocycles. The van der Waals surface area contributed by atoms with Gasteiger partial charge in [-0.2, -0.15) is 0 Å². The Morgan fingerprint density at radius 2 is 2.13 bits per heavy atom. The van der Waals surface area contributed by atoms with E-state index in [1.165, 1.54) is 0 Å². The van der Waals surface area contributed by atoms with E-state index >= 15 is 0 Å². The largest absolute Gasteiger partial charge is 0.399 e. The smallest absolute Gasteiger partial charge is 0.251 e. The van der Waals surface area contributed by atoms with Crippen molar-refractivity contribution in [2.45, 2.75) is 6.92 Å². The third-order valence-corrected chi connectivity index (χ3v) is 1.94. The molecule has 0 saturated carbocycles. The Labute approximate surface area is 95.4 Å². The van der Waals surface area contributed by atoms with E-state index in [0.717, 1.165) is 5.56 Å². The van der Waals surface area contributed by atoms with E-state index in [-0.39, 0.29) is 18.3 Å². The second kappa shape index (κ2) is 6.27. The van der Waals surface area contributed by atoms with Crippen molar-refractivity contribution in [3.8, 4) is 0 Å². The maximum Gasteiger partial charge on any atom is 0.251 e. The first kappa shape index (κ1) is 13.7. The average molecular weight is 230 g/mol. The van der Waals surface area contributed by atoms with Gasteiger partial charge in [0.15, 0.2) is 0 Å². The van der Waals surface area contributed by atoms with Crippen molar-refractivity contribution in [3.05, 3.63) is 29.3 Å². The molecule has 1 aromatic rings. The van der Waals surface area contributed by atoms with Gasteiger partial charge in [-0.25, -0.2) is 0 Å². The number of carbonyl (C=O) groups is 1. The highest BCUT2D eigenvalue weighted by Gasteiger charge is 2.07. The maximum absolute atomic E-state index is 11.6. The minimum absolute atomic E-state index is 0. The first-order chi connectivity index (χ1) is 6.65. The van der Waals surface area contributed by atoms with Gasteiger partial charge in [-0.3, -0.25) is 4.79 Å². The van der Waals surface area contributed by atoms with E-state index < -0.39 is 0 Å². The molecule has 0 aliphatic heterocycles. The van der Waals surface area contributed by atoms with Gasteiger partial charge in [-0.15, -0.1) is 12.4 Å². The number of halogens is 1. The molecular weight excluding hydrogens is 214 g/mol. The maximum atomic E-state index is 11.6. The van der Waals surface area contributed by atoms with Crippen molar-refractivity contribution in [1.82, 2.24) is 5.32 Å². The number of hydrogen-bond donors (Lipinski definition) is 3. The van der Waals surface area contributed by atoms with Gasteiger partial charge in [0, 0.05) is 24.3 Å². The van der Waals surface area contributed by atoms with Crippen LogP contribution in [0.5, 0.6) is 0 Å². The molecular formula is C10H16ClN3O. The third-order valence-electron chi connectivity index (χ3n) is 1.94. The fraction of sp³-hybridized carbons (Fsp3) is 0.300. The topological polar surface area (TPSA) is 81.1 Å². The standard InChI is InChI=1S/C10H15N3O.ClH/c1-7-2-3-8(12)6-9(7)10(14)13-5-4-11;/h2-3,6H,4-5,11-12H2,1H3,(H,13,14);1H. The molecule has 0 fully saturated rings. The van der Waals surface area contributed by atoms with Gasteiger partial charge in [0.1, 0.15) is 0 Å². The van der Waals surface area contributed by atoms with Crippen LogP contribution in [0.25, 0.3) is 0 Å². The second-order valence-corrected chi connectivity index (χ2v) is 3.12. The van der Waals surface area contributed by atoms with Crippen molar-refractivity contribution in [2.24, 2.45) is 5.73 Å². The molecule has 0 spiro atoms. The first-order valence-corrected chi connectivity index (χ1v) is 4.49. The fourth-order valence-electron chi connectivity index (χ4n) is 1.17. The zero-order chi connectivity index (χ0) is 10.6. The summed E-state index contributed by atoms with van der Waals surface area (Å²) in [5, 5.41) is 2.70. The summed E-state index contributed by atoms with van der Waals surface area (Å²) >= 11 is 0. The van der Waals surface area contributed by atoms with Crippen LogP contribution >= 0.6 is 12.4 Å². The molecule has 5 heteroatoms. The summed E-state index contributed by atoms with van der Waals surface area (Å²) in [4.78, 5) is 11.6. The Balaban J connectivity index is 0.00000196. The lowest BCUT2D eigenvalue weighted by atomic mass is 10.1. The van der Waals surface area contributed by atoms with Gasteiger partial charge >= 0.3 is 0 Å². The van der Waals surface area contributed by atoms with Gasteiger partial charge < -0.3 is 16.8 Å². The van der Waals surface area contributed by atoms with E-state index in [4.69, 9.17) is 11.5 Å². The predicted molar refractivity (Wildman–Crippen MR) is 64.2 cm³/mol. The molecule has 0 bridgehead atoms. The van der Waals surface area contributed by atoms with Crippen molar-refractivity contribution >= 4 is 24.0 Å². The molecule has 4 nitrogen and oxygen atoms in total. The van der Waals surface area contributed by atoms with Crippen molar-refractivity contribution in [1.29, 1.82) is 0 Å². The van der Waals surface area contributed by atoms with Crippen LogP contribution in [0, 0.1) is 6.92 Å². The lowest BCUT2D eigenvalue weighted by Gasteiger charge is -2.07. The minimum Gasteiger partial charge on any atom is -0.399 e. The lowest BCUT2D eigenvalue weighted by Crippen LogP contribution is -2.29. The average Bonchev–Trinajstić information content (AvgIpc) is 2.18. The summed E-state index contributed by atoms with van der Waals surface area (Å²) in [5.41, 5.74) is 13.0. The van der Waals surface area contributed by atoms with Crippen molar-refractivity contribution < 1.29 is 4.79 Å². The Bertz CT molecular complexity index is 341. The highest BCUT2D eigenvalue weighted by molar-refractivity contribution is 5.96. The number of nitrogens with one attached hydrogen (secondary N) is 1. The molecule has 0 atom stereocenters. The van der Waals surface area contributed by atoms with Crippen LogP contribution in [0.15, 0.2) is 18.2 Å². The molecule has 0 aliphatic rings. The van der Waals surface area contributed by atoms with Gasteiger partial charge in [0.25, 0.3) is 5.91 Å². The first-order valence-electron chi connectivity index (χ1n) is 4.49. The van der Waals surface area contributed by atoms with E-state index in [0.29, 0.717) is 24.3 Å². The number of rotatable bonds is 3. The number of carbonyl (C=O) groups excluding carboxylic acids is 1. The molecule has 5 N–H and O–H groups in total. The molecule has 0 aromatic heterocycles. The van der Waals surface area contributed by atoms with Crippen LogP contribution in [0.1, 0.15) is 15.9 Å². The number of benzene rings is 1. The summed E-state index contributed by atoms with van der Waals surface area (Å²) in [7, 11) is 0. The second-order valence-electron chi connectivity index (χ2n) is 3.12. The molecule has 0 heterocycles. The highest BCUT2D eigenvalue weighted by atomic mass is 35.5. The molecule has 0 radical (unpaired) electrons. The van der Waals surface area contributed by atoms with Gasteiger partial charge in [-0.05, 0) is 24.6 Å². The van der Waals surface area contributed by atoms with Crippen molar-refractivity contribution in [2.75, 3.05) is 18.8 Å². The summed E-state index contributed by atoms with van der Waals surface area (Å²) in [5.74, 6) is -0.125. The fourth-order valence-corrected chi connectivity index (χ4v) is 1.17. The number of anilines is 1. The predicted octanol–water partition coefficient (Wildman–Crippen LogP) is 0.688. The third kappa shape index (κ3) is 3.77. The van der Waals surface area contributed by atoms with Crippen LogP contribution in [0.2, 0.25) is 0 Å². The number of aryl methyl sites for hydroxylation is 1. The van der Waals surface area contributed by atoms with Crippen LogP contribution < -0.4 is 16.8 Å². The molecule has 0 unspecified atom stereocenters. The van der Waals surface area contributed by atoms with Crippen molar-refractivity contribution in [3.63, 3.8) is 0 Å². The summed E-state index contributed by atoms with van der Waals surface area (Å²) < 4.78 is 0. The number of amides is 1. The number of nitrogens with two attached hydrogens (primary N) is 2. The van der Waals surface area contributed by atoms with Crippen LogP contribution in [0.4, 0.5) is 5.69 Å². The summed E-state index contributed by atoms with van der Waals surface area (Å²) in [6, 6.07) is 5.27. The van der Waals surface area contributed by atoms with E-state index in [9.17, 15) is 4.79 Å². The highest BCUT2D eigenvalue weighted by Crippen LogP contribution is 2.12. The van der Waals surface area contributed by atoms with Crippen LogP contribution in [-0.2, 0) is 0 Å². The zero-order valence-corrected chi connectivity index (χ0v) is 9.43. The van der Waals surface area contributed by atoms with E-state index in [1.54, 1.807) is 12.1 Å². The van der Waals surface area contributed by atoms with E-state index in [2.05, 4.69) is 5.32 Å². The van der Waals surface area contributed by atoms with Crippen LogP contribution in [-0.4, -0.2) is 19.0 Å². The minimum atomic E-state index is -0.125. The van der Waals surface area contributed by atoms with Gasteiger partial charge in [0.05, 0.1) is 0 Å². The zero-order valence-electron chi connectivity index (χ0n) is 8.62. The Hall–Kier alpha value is -1.26. The Morgan fingerprint density at radius 3 is 2.73 bits per heavy atom. The van der Waals surface area contributed by atoms with E-state index in [1.807, 2.05) is 13.0 Å². The monoisotopic (exact) mass is 229 g/mol. The SMILES string of the molecule is Cc1ccc(N)cc1C(=O)NCCN.Cl. The molecule has 15 heavy (non-hydrogen) atoms. The molecule has 1 rings (SSSR count).